The maximum absolute atomic E-state index is 13.4. The molecule has 0 spiro atoms. The summed E-state index contributed by atoms with van der Waals surface area (Å²) in [6, 6.07) is 7.01. The number of nitrogens with one attached hydrogen (secondary N) is 1. The van der Waals surface area contributed by atoms with Crippen LogP contribution in [0.3, 0.4) is 0 Å². The SMILES string of the molecule is CCC(NC(C)c1nnc2n1CCC2)c1cccc(F)c1. The maximum Gasteiger partial charge on any atom is 0.149 e. The number of benzene rings is 1. The van der Waals surface area contributed by atoms with Crippen LogP contribution in [0.2, 0.25) is 0 Å². The van der Waals surface area contributed by atoms with E-state index in [1.54, 1.807) is 12.1 Å². The first-order valence-corrected chi connectivity index (χ1v) is 7.62. The third kappa shape index (κ3) is 2.83. The standard InChI is InChI=1S/C16H21FN4/c1-3-14(12-6-4-7-13(17)10-12)18-11(2)16-20-19-15-8-5-9-21(15)16/h4,6-7,10-11,14,18H,3,5,8-9H2,1-2H3. The lowest BCUT2D eigenvalue weighted by atomic mass is 10.0. The van der Waals surface area contributed by atoms with Crippen LogP contribution in [-0.4, -0.2) is 14.8 Å². The minimum Gasteiger partial charge on any atom is -0.314 e. The fourth-order valence-corrected chi connectivity index (χ4v) is 3.04. The van der Waals surface area contributed by atoms with Crippen molar-refractivity contribution in [1.82, 2.24) is 20.1 Å². The van der Waals surface area contributed by atoms with Gasteiger partial charge in [0.2, 0.25) is 0 Å². The molecule has 3 rings (SSSR count). The predicted molar refractivity (Wildman–Crippen MR) is 79.3 cm³/mol. The maximum atomic E-state index is 13.4. The molecule has 1 aromatic heterocycles. The van der Waals surface area contributed by atoms with Gasteiger partial charge in [-0.15, -0.1) is 10.2 Å². The lowest BCUT2D eigenvalue weighted by Crippen LogP contribution is -2.26. The van der Waals surface area contributed by atoms with E-state index >= 15 is 0 Å². The highest BCUT2D eigenvalue weighted by atomic mass is 19.1. The van der Waals surface area contributed by atoms with E-state index < -0.39 is 0 Å². The molecule has 21 heavy (non-hydrogen) atoms. The van der Waals surface area contributed by atoms with E-state index in [2.05, 4.69) is 33.9 Å². The second kappa shape index (κ2) is 5.93. The van der Waals surface area contributed by atoms with Crippen LogP contribution in [0, 0.1) is 5.82 Å². The summed E-state index contributed by atoms with van der Waals surface area (Å²) in [5, 5.41) is 12.1. The molecule has 112 valence electrons. The van der Waals surface area contributed by atoms with Gasteiger partial charge in [-0.3, -0.25) is 0 Å². The van der Waals surface area contributed by atoms with E-state index in [0.717, 1.165) is 43.0 Å². The highest BCUT2D eigenvalue weighted by molar-refractivity contribution is 5.20. The second-order valence-electron chi connectivity index (χ2n) is 5.63. The van der Waals surface area contributed by atoms with Crippen LogP contribution in [0.15, 0.2) is 24.3 Å². The molecule has 0 bridgehead atoms. The number of halogens is 1. The van der Waals surface area contributed by atoms with E-state index in [-0.39, 0.29) is 17.9 Å². The highest BCUT2D eigenvalue weighted by Crippen LogP contribution is 2.24. The predicted octanol–water partition coefficient (Wildman–Crippen LogP) is 3.17. The van der Waals surface area contributed by atoms with Crippen molar-refractivity contribution >= 4 is 0 Å². The van der Waals surface area contributed by atoms with Gasteiger partial charge in [-0.1, -0.05) is 19.1 Å². The Morgan fingerprint density at radius 2 is 2.24 bits per heavy atom. The molecule has 1 N–H and O–H groups in total. The first kappa shape index (κ1) is 14.2. The van der Waals surface area contributed by atoms with Crippen molar-refractivity contribution < 1.29 is 4.39 Å². The molecule has 0 aliphatic carbocycles. The Hall–Kier alpha value is -1.75. The summed E-state index contributed by atoms with van der Waals surface area (Å²) in [6.07, 6.45) is 3.06. The van der Waals surface area contributed by atoms with E-state index in [9.17, 15) is 4.39 Å². The molecule has 0 saturated carbocycles. The second-order valence-corrected chi connectivity index (χ2v) is 5.63. The normalized spacial score (nSPS) is 16.7. The number of rotatable bonds is 5. The zero-order valence-corrected chi connectivity index (χ0v) is 12.5. The van der Waals surface area contributed by atoms with Gasteiger partial charge in [0.25, 0.3) is 0 Å². The number of nitrogens with zero attached hydrogens (tertiary/aromatic N) is 3. The molecule has 0 radical (unpaired) electrons. The van der Waals surface area contributed by atoms with E-state index in [0.29, 0.717) is 0 Å². The van der Waals surface area contributed by atoms with E-state index in [4.69, 9.17) is 0 Å². The molecular weight excluding hydrogens is 267 g/mol. The summed E-state index contributed by atoms with van der Waals surface area (Å²) >= 11 is 0. The van der Waals surface area contributed by atoms with Crippen LogP contribution in [0.25, 0.3) is 0 Å². The summed E-state index contributed by atoms with van der Waals surface area (Å²) in [5.74, 6) is 1.87. The summed E-state index contributed by atoms with van der Waals surface area (Å²) in [7, 11) is 0. The topological polar surface area (TPSA) is 42.7 Å². The summed E-state index contributed by atoms with van der Waals surface area (Å²) < 4.78 is 15.6. The molecule has 1 aliphatic rings. The Labute approximate surface area is 124 Å². The van der Waals surface area contributed by atoms with Gasteiger partial charge < -0.3 is 9.88 Å². The monoisotopic (exact) mass is 288 g/mol. The molecule has 0 saturated heterocycles. The molecule has 2 aromatic rings. The minimum absolute atomic E-state index is 0.0950. The van der Waals surface area contributed by atoms with Crippen LogP contribution in [-0.2, 0) is 13.0 Å². The zero-order chi connectivity index (χ0) is 14.8. The van der Waals surface area contributed by atoms with E-state index in [1.807, 2.05) is 6.07 Å². The molecule has 2 unspecified atom stereocenters. The lowest BCUT2D eigenvalue weighted by molar-refractivity contribution is 0.429. The van der Waals surface area contributed by atoms with Crippen molar-refractivity contribution in [3.8, 4) is 0 Å². The van der Waals surface area contributed by atoms with Gasteiger partial charge in [0.1, 0.15) is 17.5 Å². The minimum atomic E-state index is -0.191. The van der Waals surface area contributed by atoms with Crippen molar-refractivity contribution in [1.29, 1.82) is 0 Å². The number of hydrogen-bond donors (Lipinski definition) is 1. The largest absolute Gasteiger partial charge is 0.314 e. The van der Waals surface area contributed by atoms with Crippen molar-refractivity contribution in [2.45, 2.75) is 51.7 Å². The quantitative estimate of drug-likeness (QED) is 0.919. The first-order chi connectivity index (χ1) is 10.2. The van der Waals surface area contributed by atoms with Gasteiger partial charge in [-0.05, 0) is 37.5 Å². The Balaban J connectivity index is 1.77. The van der Waals surface area contributed by atoms with Crippen molar-refractivity contribution in [3.05, 3.63) is 47.3 Å². The third-order valence-corrected chi connectivity index (χ3v) is 4.14. The molecule has 1 aromatic carbocycles. The van der Waals surface area contributed by atoms with Gasteiger partial charge in [0.15, 0.2) is 0 Å². The molecule has 2 heterocycles. The van der Waals surface area contributed by atoms with Crippen LogP contribution in [0.1, 0.15) is 56.0 Å². The van der Waals surface area contributed by atoms with Gasteiger partial charge in [0.05, 0.1) is 6.04 Å². The molecule has 0 fully saturated rings. The molecule has 5 heteroatoms. The van der Waals surface area contributed by atoms with Gasteiger partial charge in [-0.2, -0.15) is 0 Å². The fourth-order valence-electron chi connectivity index (χ4n) is 3.04. The van der Waals surface area contributed by atoms with Crippen LogP contribution in [0.4, 0.5) is 4.39 Å². The average Bonchev–Trinajstić information content (AvgIpc) is 3.07. The molecule has 2 atom stereocenters. The fraction of sp³-hybridized carbons (Fsp3) is 0.500. The average molecular weight is 288 g/mol. The zero-order valence-electron chi connectivity index (χ0n) is 12.5. The molecular formula is C16H21FN4. The van der Waals surface area contributed by atoms with E-state index in [1.165, 1.54) is 6.07 Å². The number of aryl methyl sites for hydroxylation is 1. The Bertz CT molecular complexity index is 622. The van der Waals surface area contributed by atoms with Crippen LogP contribution >= 0.6 is 0 Å². The number of hydrogen-bond acceptors (Lipinski definition) is 3. The van der Waals surface area contributed by atoms with Crippen molar-refractivity contribution in [2.75, 3.05) is 0 Å². The summed E-state index contributed by atoms with van der Waals surface area (Å²) in [6.45, 7) is 5.20. The third-order valence-electron chi connectivity index (χ3n) is 4.14. The van der Waals surface area contributed by atoms with Crippen molar-refractivity contribution in [3.63, 3.8) is 0 Å². The first-order valence-electron chi connectivity index (χ1n) is 7.62. The van der Waals surface area contributed by atoms with Crippen LogP contribution < -0.4 is 5.32 Å². The Morgan fingerprint density at radius 1 is 1.38 bits per heavy atom. The highest BCUT2D eigenvalue weighted by Gasteiger charge is 2.23. The van der Waals surface area contributed by atoms with Gasteiger partial charge >= 0.3 is 0 Å². The lowest BCUT2D eigenvalue weighted by Gasteiger charge is -2.22. The summed E-state index contributed by atoms with van der Waals surface area (Å²) in [5.41, 5.74) is 0.977. The Morgan fingerprint density at radius 3 is 3.00 bits per heavy atom. The molecule has 0 amide bonds. The molecule has 1 aliphatic heterocycles. The number of aromatic nitrogens is 3. The summed E-state index contributed by atoms with van der Waals surface area (Å²) in [4.78, 5) is 0. The van der Waals surface area contributed by atoms with Gasteiger partial charge in [0, 0.05) is 19.0 Å². The molecule has 4 nitrogen and oxygen atoms in total. The smallest absolute Gasteiger partial charge is 0.149 e. The van der Waals surface area contributed by atoms with Crippen molar-refractivity contribution in [2.24, 2.45) is 0 Å². The number of fused-ring (bicyclic) bond motifs is 1. The Kier molecular flexibility index (Phi) is 4.01. The van der Waals surface area contributed by atoms with Crippen LogP contribution in [0.5, 0.6) is 0 Å². The van der Waals surface area contributed by atoms with Gasteiger partial charge in [-0.25, -0.2) is 4.39 Å².